The number of piperidine rings is 1. The molecule has 3 heterocycles. The Bertz CT molecular complexity index is 896. The van der Waals surface area contributed by atoms with Crippen LogP contribution in [0.3, 0.4) is 0 Å². The number of imidazole rings is 1. The smallest absolute Gasteiger partial charge is 0.100 e. The van der Waals surface area contributed by atoms with Crippen molar-refractivity contribution in [1.29, 1.82) is 0 Å². The number of likely N-dealkylation sites (tertiary alicyclic amines) is 1. The quantitative estimate of drug-likeness (QED) is 0.742. The van der Waals surface area contributed by atoms with Crippen LogP contribution >= 0.6 is 12.4 Å². The molecule has 5 rings (SSSR count). The molecule has 4 nitrogen and oxygen atoms in total. The van der Waals surface area contributed by atoms with Crippen LogP contribution in [0.15, 0.2) is 54.9 Å². The molecule has 0 atom stereocenters. The maximum absolute atomic E-state index is 4.50. The molecular formula is C22H27ClN4. The minimum absolute atomic E-state index is 0. The van der Waals surface area contributed by atoms with Gasteiger partial charge in [-0.15, -0.1) is 12.4 Å². The van der Waals surface area contributed by atoms with Crippen LogP contribution in [0.5, 0.6) is 0 Å². The highest BCUT2D eigenvalue weighted by atomic mass is 35.5. The molecule has 2 saturated heterocycles. The summed E-state index contributed by atoms with van der Waals surface area (Å²) in [6.45, 7) is 5.97. The lowest BCUT2D eigenvalue weighted by atomic mass is 9.78. The first-order valence-electron chi connectivity index (χ1n) is 9.76. The number of halogens is 1. The van der Waals surface area contributed by atoms with Crippen LogP contribution in [-0.2, 0) is 6.54 Å². The average molecular weight is 383 g/mol. The Kier molecular flexibility index (Phi) is 5.22. The second kappa shape index (κ2) is 7.63. The lowest BCUT2D eigenvalue weighted by Crippen LogP contribution is -2.38. The van der Waals surface area contributed by atoms with Crippen LogP contribution in [-0.4, -0.2) is 40.6 Å². The molecule has 1 N–H and O–H groups in total. The van der Waals surface area contributed by atoms with Crippen molar-refractivity contribution >= 4 is 23.4 Å². The van der Waals surface area contributed by atoms with E-state index in [1.165, 1.54) is 56.7 Å². The van der Waals surface area contributed by atoms with Gasteiger partial charge in [0.15, 0.2) is 0 Å². The van der Waals surface area contributed by atoms with E-state index in [9.17, 15) is 0 Å². The van der Waals surface area contributed by atoms with Crippen molar-refractivity contribution in [1.82, 2.24) is 19.8 Å². The van der Waals surface area contributed by atoms with Crippen molar-refractivity contribution in [3.63, 3.8) is 0 Å². The Morgan fingerprint density at radius 2 is 1.74 bits per heavy atom. The van der Waals surface area contributed by atoms with E-state index in [0.717, 1.165) is 17.6 Å². The van der Waals surface area contributed by atoms with Gasteiger partial charge in [-0.2, -0.15) is 0 Å². The van der Waals surface area contributed by atoms with Gasteiger partial charge < -0.3 is 5.32 Å². The third-order valence-electron chi connectivity index (χ3n) is 6.26. The standard InChI is InChI=1S/C22H26N4.ClH/c1-2-4-21-20(3-1)24-17-26(21)19-7-5-18(6-8-19)15-25-14-11-22(16-25)9-12-23-13-10-22;/h1-8,17,23H,9-16H2;1H. The fourth-order valence-corrected chi connectivity index (χ4v) is 4.71. The molecule has 0 bridgehead atoms. The van der Waals surface area contributed by atoms with E-state index in [2.05, 4.69) is 62.2 Å². The van der Waals surface area contributed by atoms with Gasteiger partial charge in [0.25, 0.3) is 0 Å². The topological polar surface area (TPSA) is 33.1 Å². The Balaban J connectivity index is 0.00000180. The number of nitrogens with zero attached hydrogens (tertiary/aromatic N) is 3. The largest absolute Gasteiger partial charge is 0.317 e. The number of fused-ring (bicyclic) bond motifs is 1. The summed E-state index contributed by atoms with van der Waals surface area (Å²) >= 11 is 0. The minimum atomic E-state index is 0. The third kappa shape index (κ3) is 3.62. The van der Waals surface area contributed by atoms with Crippen molar-refractivity contribution < 1.29 is 0 Å². The normalized spacial score (nSPS) is 19.4. The van der Waals surface area contributed by atoms with Crippen LogP contribution in [0.4, 0.5) is 0 Å². The first kappa shape index (κ1) is 18.5. The number of para-hydroxylation sites is 2. The minimum Gasteiger partial charge on any atom is -0.317 e. The van der Waals surface area contributed by atoms with Crippen molar-refractivity contribution in [2.75, 3.05) is 26.2 Å². The van der Waals surface area contributed by atoms with Crippen LogP contribution in [0.2, 0.25) is 0 Å². The Morgan fingerprint density at radius 1 is 0.963 bits per heavy atom. The maximum Gasteiger partial charge on any atom is 0.100 e. The number of hydrogen-bond acceptors (Lipinski definition) is 3. The lowest BCUT2D eigenvalue weighted by Gasteiger charge is -2.33. The number of aromatic nitrogens is 2. The molecule has 0 radical (unpaired) electrons. The zero-order valence-electron chi connectivity index (χ0n) is 15.6. The van der Waals surface area contributed by atoms with Gasteiger partial charge in [0.05, 0.1) is 11.0 Å². The van der Waals surface area contributed by atoms with E-state index < -0.39 is 0 Å². The van der Waals surface area contributed by atoms with Gasteiger partial charge in [-0.3, -0.25) is 9.47 Å². The Morgan fingerprint density at radius 3 is 2.56 bits per heavy atom. The summed E-state index contributed by atoms with van der Waals surface area (Å²) in [5.41, 5.74) is 5.37. The Hall–Kier alpha value is -1.88. The molecule has 27 heavy (non-hydrogen) atoms. The predicted octanol–water partition coefficient (Wildman–Crippen LogP) is 4.02. The van der Waals surface area contributed by atoms with Crippen molar-refractivity contribution in [3.05, 3.63) is 60.4 Å². The van der Waals surface area contributed by atoms with Crippen LogP contribution < -0.4 is 5.32 Å². The molecule has 0 aliphatic carbocycles. The van der Waals surface area contributed by atoms with Crippen LogP contribution in [0, 0.1) is 5.41 Å². The first-order chi connectivity index (χ1) is 12.8. The molecule has 0 amide bonds. The number of hydrogen-bond donors (Lipinski definition) is 1. The molecule has 2 aliphatic rings. The summed E-state index contributed by atoms with van der Waals surface area (Å²) in [4.78, 5) is 7.14. The highest BCUT2D eigenvalue weighted by Crippen LogP contribution is 2.39. The lowest BCUT2D eigenvalue weighted by molar-refractivity contribution is 0.194. The maximum atomic E-state index is 4.50. The first-order valence-corrected chi connectivity index (χ1v) is 9.76. The predicted molar refractivity (Wildman–Crippen MR) is 113 cm³/mol. The molecule has 1 spiro atoms. The van der Waals surface area contributed by atoms with E-state index in [1.54, 1.807) is 0 Å². The molecule has 1 aromatic heterocycles. The van der Waals surface area contributed by atoms with E-state index in [4.69, 9.17) is 0 Å². The van der Waals surface area contributed by atoms with Gasteiger partial charge in [0, 0.05) is 18.8 Å². The van der Waals surface area contributed by atoms with Gasteiger partial charge in [-0.05, 0) is 74.1 Å². The fourth-order valence-electron chi connectivity index (χ4n) is 4.71. The van der Waals surface area contributed by atoms with E-state index in [-0.39, 0.29) is 12.4 Å². The zero-order valence-corrected chi connectivity index (χ0v) is 16.4. The molecule has 5 heteroatoms. The summed E-state index contributed by atoms with van der Waals surface area (Å²) < 4.78 is 2.17. The molecule has 0 unspecified atom stereocenters. The highest BCUT2D eigenvalue weighted by molar-refractivity contribution is 5.85. The Labute approximate surface area is 167 Å². The van der Waals surface area contributed by atoms with Gasteiger partial charge in [-0.25, -0.2) is 4.98 Å². The van der Waals surface area contributed by atoms with E-state index >= 15 is 0 Å². The molecule has 2 fully saturated rings. The van der Waals surface area contributed by atoms with Crippen molar-refractivity contribution in [2.45, 2.75) is 25.8 Å². The van der Waals surface area contributed by atoms with Gasteiger partial charge >= 0.3 is 0 Å². The van der Waals surface area contributed by atoms with E-state index in [1.807, 2.05) is 12.4 Å². The van der Waals surface area contributed by atoms with E-state index in [0.29, 0.717) is 5.41 Å². The van der Waals surface area contributed by atoms with Crippen molar-refractivity contribution in [2.24, 2.45) is 5.41 Å². The SMILES string of the molecule is Cl.c1ccc2c(c1)ncn2-c1ccc(CN2CCC3(CCNCC3)C2)cc1. The zero-order chi connectivity index (χ0) is 17.4. The summed E-state index contributed by atoms with van der Waals surface area (Å²) in [6, 6.07) is 17.3. The van der Waals surface area contributed by atoms with Crippen LogP contribution in [0.25, 0.3) is 16.7 Å². The second-order valence-electron chi connectivity index (χ2n) is 7.98. The second-order valence-corrected chi connectivity index (χ2v) is 7.98. The molecule has 0 saturated carbocycles. The average Bonchev–Trinajstić information content (AvgIpc) is 3.28. The summed E-state index contributed by atoms with van der Waals surface area (Å²) in [7, 11) is 0. The number of benzene rings is 2. The van der Waals surface area contributed by atoms with Gasteiger partial charge in [0.1, 0.15) is 6.33 Å². The third-order valence-corrected chi connectivity index (χ3v) is 6.26. The summed E-state index contributed by atoms with van der Waals surface area (Å²) in [6.07, 6.45) is 5.97. The molecule has 2 aliphatic heterocycles. The van der Waals surface area contributed by atoms with Gasteiger partial charge in [0.2, 0.25) is 0 Å². The summed E-state index contributed by atoms with van der Waals surface area (Å²) in [5, 5.41) is 3.51. The van der Waals surface area contributed by atoms with Crippen LogP contribution in [0.1, 0.15) is 24.8 Å². The number of rotatable bonds is 3. The molecular weight excluding hydrogens is 356 g/mol. The fraction of sp³-hybridized carbons (Fsp3) is 0.409. The summed E-state index contributed by atoms with van der Waals surface area (Å²) in [5.74, 6) is 0. The number of nitrogens with one attached hydrogen (secondary N) is 1. The van der Waals surface area contributed by atoms with Gasteiger partial charge in [-0.1, -0.05) is 24.3 Å². The molecule has 2 aromatic carbocycles. The molecule has 3 aromatic rings. The molecule has 142 valence electrons. The monoisotopic (exact) mass is 382 g/mol. The highest BCUT2D eigenvalue weighted by Gasteiger charge is 2.38. The van der Waals surface area contributed by atoms with Crippen molar-refractivity contribution in [3.8, 4) is 5.69 Å².